The van der Waals surface area contributed by atoms with Gasteiger partial charge in [0.25, 0.3) is 0 Å². The second-order valence-corrected chi connectivity index (χ2v) is 3.94. The van der Waals surface area contributed by atoms with Crippen molar-refractivity contribution in [1.29, 1.82) is 0 Å². The van der Waals surface area contributed by atoms with Gasteiger partial charge in [-0.15, -0.1) is 5.10 Å². The molecule has 7 heteroatoms. The van der Waals surface area contributed by atoms with Crippen LogP contribution in [-0.2, 0) is 6.54 Å². The number of nitrogen functional groups attached to an aromatic ring is 1. The summed E-state index contributed by atoms with van der Waals surface area (Å²) in [6.07, 6.45) is 4.40. The predicted octanol–water partition coefficient (Wildman–Crippen LogP) is 1.41. The van der Waals surface area contributed by atoms with E-state index in [1.165, 1.54) is 0 Å². The van der Waals surface area contributed by atoms with Gasteiger partial charge in [-0.25, -0.2) is 4.98 Å². The smallest absolute Gasteiger partial charge is 0.133 e. The summed E-state index contributed by atoms with van der Waals surface area (Å²) < 4.78 is 1.78. The van der Waals surface area contributed by atoms with Crippen LogP contribution in [0.4, 0.5) is 11.5 Å². The molecule has 0 atom stereocenters. The van der Waals surface area contributed by atoms with Crippen molar-refractivity contribution >= 4 is 23.1 Å². The minimum absolute atomic E-state index is 0.392. The van der Waals surface area contributed by atoms with Crippen molar-refractivity contribution in [2.24, 2.45) is 0 Å². The highest BCUT2D eigenvalue weighted by Gasteiger charge is 1.98. The van der Waals surface area contributed by atoms with Crippen LogP contribution < -0.4 is 11.1 Å². The molecule has 0 fully saturated rings. The Kier molecular flexibility index (Phi) is 3.77. The van der Waals surface area contributed by atoms with E-state index in [1.54, 1.807) is 23.0 Å². The molecule has 0 unspecified atom stereocenters. The van der Waals surface area contributed by atoms with Gasteiger partial charge in [-0.3, -0.25) is 4.68 Å². The van der Waals surface area contributed by atoms with Gasteiger partial charge in [-0.2, -0.15) is 0 Å². The van der Waals surface area contributed by atoms with E-state index < -0.39 is 0 Å². The van der Waals surface area contributed by atoms with Crippen molar-refractivity contribution in [3.63, 3.8) is 0 Å². The number of pyridine rings is 1. The summed E-state index contributed by atoms with van der Waals surface area (Å²) in [5.74, 6) is 0.689. The monoisotopic (exact) mass is 252 g/mol. The van der Waals surface area contributed by atoms with Gasteiger partial charge in [-0.05, 0) is 12.5 Å². The Morgan fingerprint density at radius 3 is 3.00 bits per heavy atom. The average Bonchev–Trinajstić information content (AvgIpc) is 2.76. The third-order valence-electron chi connectivity index (χ3n) is 2.16. The van der Waals surface area contributed by atoms with Crippen molar-refractivity contribution in [3.8, 4) is 0 Å². The highest BCUT2D eigenvalue weighted by molar-refractivity contribution is 6.29. The van der Waals surface area contributed by atoms with Crippen LogP contribution in [0.1, 0.15) is 6.42 Å². The minimum atomic E-state index is 0.392. The van der Waals surface area contributed by atoms with Crippen LogP contribution in [0.25, 0.3) is 0 Å². The standard InChI is InChI=1S/C10H13ClN6/c11-9-6-8(12)7-10(15-9)13-2-1-4-17-5-3-14-16-17/h3,5-7H,1-2,4H2,(H3,12,13,15). The molecule has 3 N–H and O–H groups in total. The highest BCUT2D eigenvalue weighted by atomic mass is 35.5. The number of hydrogen-bond acceptors (Lipinski definition) is 5. The molecular formula is C10H13ClN6. The van der Waals surface area contributed by atoms with Crippen molar-refractivity contribution < 1.29 is 0 Å². The number of rotatable bonds is 5. The summed E-state index contributed by atoms with van der Waals surface area (Å²) in [7, 11) is 0. The van der Waals surface area contributed by atoms with Crippen LogP contribution in [0.15, 0.2) is 24.5 Å². The molecule has 2 heterocycles. The van der Waals surface area contributed by atoms with Crippen LogP contribution in [0.5, 0.6) is 0 Å². The summed E-state index contributed by atoms with van der Waals surface area (Å²) in [5, 5.41) is 11.1. The Bertz CT molecular complexity index is 449. The van der Waals surface area contributed by atoms with Gasteiger partial charge in [0.05, 0.1) is 6.20 Å². The first-order chi connectivity index (χ1) is 8.24. The van der Waals surface area contributed by atoms with E-state index in [0.29, 0.717) is 16.7 Å². The van der Waals surface area contributed by atoms with Gasteiger partial charge in [0, 0.05) is 31.0 Å². The lowest BCUT2D eigenvalue weighted by molar-refractivity contribution is 0.569. The fourth-order valence-corrected chi connectivity index (χ4v) is 1.63. The molecule has 0 aliphatic heterocycles. The third kappa shape index (κ3) is 3.60. The zero-order chi connectivity index (χ0) is 12.1. The van der Waals surface area contributed by atoms with Gasteiger partial charge >= 0.3 is 0 Å². The van der Waals surface area contributed by atoms with E-state index >= 15 is 0 Å². The fourth-order valence-electron chi connectivity index (χ4n) is 1.42. The fraction of sp³-hybridized carbons (Fsp3) is 0.300. The topological polar surface area (TPSA) is 81.6 Å². The van der Waals surface area contributed by atoms with E-state index in [9.17, 15) is 0 Å². The van der Waals surface area contributed by atoms with Crippen LogP contribution in [0, 0.1) is 0 Å². The normalized spacial score (nSPS) is 10.4. The van der Waals surface area contributed by atoms with Crippen LogP contribution in [-0.4, -0.2) is 26.5 Å². The van der Waals surface area contributed by atoms with Crippen molar-refractivity contribution in [2.75, 3.05) is 17.6 Å². The van der Waals surface area contributed by atoms with Crippen LogP contribution >= 0.6 is 11.6 Å². The van der Waals surface area contributed by atoms with E-state index in [2.05, 4.69) is 20.6 Å². The lowest BCUT2D eigenvalue weighted by atomic mass is 10.3. The molecule has 2 aromatic heterocycles. The quantitative estimate of drug-likeness (QED) is 0.621. The first-order valence-corrected chi connectivity index (χ1v) is 5.63. The summed E-state index contributed by atoms with van der Waals surface area (Å²) in [6.45, 7) is 1.58. The van der Waals surface area contributed by atoms with E-state index in [4.69, 9.17) is 17.3 Å². The molecule has 0 aromatic carbocycles. The van der Waals surface area contributed by atoms with E-state index in [-0.39, 0.29) is 0 Å². The van der Waals surface area contributed by atoms with Gasteiger partial charge < -0.3 is 11.1 Å². The summed E-state index contributed by atoms with van der Waals surface area (Å²) >= 11 is 5.79. The molecule has 6 nitrogen and oxygen atoms in total. The number of nitrogens with one attached hydrogen (secondary N) is 1. The lowest BCUT2D eigenvalue weighted by Crippen LogP contribution is -2.08. The van der Waals surface area contributed by atoms with Crippen molar-refractivity contribution in [1.82, 2.24) is 20.0 Å². The first kappa shape index (κ1) is 11.7. The Morgan fingerprint density at radius 1 is 1.41 bits per heavy atom. The molecule has 2 aromatic rings. The molecule has 0 radical (unpaired) electrons. The number of nitrogens with two attached hydrogens (primary N) is 1. The molecule has 0 aliphatic rings. The van der Waals surface area contributed by atoms with E-state index in [1.807, 2.05) is 6.20 Å². The highest BCUT2D eigenvalue weighted by Crippen LogP contribution is 2.15. The molecule has 0 saturated carbocycles. The molecule has 17 heavy (non-hydrogen) atoms. The van der Waals surface area contributed by atoms with Crippen LogP contribution in [0.2, 0.25) is 5.15 Å². The Hall–Kier alpha value is -1.82. The maximum atomic E-state index is 5.79. The zero-order valence-corrected chi connectivity index (χ0v) is 9.93. The first-order valence-electron chi connectivity index (χ1n) is 5.25. The Labute approximate surface area is 104 Å². The number of nitrogens with zero attached hydrogens (tertiary/aromatic N) is 4. The molecule has 90 valence electrons. The molecule has 0 saturated heterocycles. The largest absolute Gasteiger partial charge is 0.399 e. The summed E-state index contributed by atoms with van der Waals surface area (Å²) in [4.78, 5) is 4.11. The van der Waals surface area contributed by atoms with Gasteiger partial charge in [0.2, 0.25) is 0 Å². The maximum Gasteiger partial charge on any atom is 0.133 e. The third-order valence-corrected chi connectivity index (χ3v) is 2.35. The van der Waals surface area contributed by atoms with E-state index in [0.717, 1.165) is 19.5 Å². The number of aryl methyl sites for hydroxylation is 1. The Morgan fingerprint density at radius 2 is 2.29 bits per heavy atom. The molecule has 0 amide bonds. The van der Waals surface area contributed by atoms with Gasteiger partial charge in [0.1, 0.15) is 11.0 Å². The number of halogens is 1. The zero-order valence-electron chi connectivity index (χ0n) is 9.17. The molecule has 0 spiro atoms. The minimum Gasteiger partial charge on any atom is -0.399 e. The lowest BCUT2D eigenvalue weighted by Gasteiger charge is -2.06. The summed E-state index contributed by atoms with van der Waals surface area (Å²) in [6, 6.07) is 3.36. The number of aromatic nitrogens is 4. The molecule has 2 rings (SSSR count). The van der Waals surface area contributed by atoms with Gasteiger partial charge in [0.15, 0.2) is 0 Å². The summed E-state index contributed by atoms with van der Waals surface area (Å²) in [5.41, 5.74) is 6.25. The Balaban J connectivity index is 1.78. The number of anilines is 2. The molecular weight excluding hydrogens is 240 g/mol. The SMILES string of the molecule is Nc1cc(Cl)nc(NCCCn2ccnn2)c1. The second-order valence-electron chi connectivity index (χ2n) is 3.55. The predicted molar refractivity (Wildman–Crippen MR) is 66.8 cm³/mol. The maximum absolute atomic E-state index is 5.79. The molecule has 0 bridgehead atoms. The van der Waals surface area contributed by atoms with Crippen molar-refractivity contribution in [2.45, 2.75) is 13.0 Å². The average molecular weight is 253 g/mol. The van der Waals surface area contributed by atoms with Gasteiger partial charge in [-0.1, -0.05) is 16.8 Å². The second kappa shape index (κ2) is 5.49. The van der Waals surface area contributed by atoms with Crippen LogP contribution in [0.3, 0.4) is 0 Å². The number of hydrogen-bond donors (Lipinski definition) is 2. The van der Waals surface area contributed by atoms with Crippen molar-refractivity contribution in [3.05, 3.63) is 29.7 Å². The molecule has 0 aliphatic carbocycles.